The van der Waals surface area contributed by atoms with Gasteiger partial charge in [0, 0.05) is 0 Å². The number of ketones is 1. The molecule has 0 saturated carbocycles. The van der Waals surface area contributed by atoms with Gasteiger partial charge in [-0.05, 0) is 25.5 Å². The first kappa shape index (κ1) is 9.20. The van der Waals surface area contributed by atoms with Crippen molar-refractivity contribution in [3.05, 3.63) is 34.1 Å². The topological polar surface area (TPSA) is 17.1 Å². The standard InChI is InChI=1S/C9H8ClFO/c1-5-3-4-7(10)8(6(2)12)9(5)11/h3-4H,1-2H3. The third-order valence-electron chi connectivity index (χ3n) is 1.64. The SMILES string of the molecule is CC(=O)c1c(Cl)ccc(C)c1F. The summed E-state index contributed by atoms with van der Waals surface area (Å²) in [6.45, 7) is 2.89. The molecule has 64 valence electrons. The molecule has 3 heteroatoms. The fourth-order valence-corrected chi connectivity index (χ4v) is 1.26. The molecule has 0 unspecified atom stereocenters. The third-order valence-corrected chi connectivity index (χ3v) is 1.95. The van der Waals surface area contributed by atoms with Crippen LogP contribution in [0, 0.1) is 12.7 Å². The molecular weight excluding hydrogens is 179 g/mol. The fraction of sp³-hybridized carbons (Fsp3) is 0.222. The maximum Gasteiger partial charge on any atom is 0.164 e. The lowest BCUT2D eigenvalue weighted by molar-refractivity contribution is 0.101. The lowest BCUT2D eigenvalue weighted by Gasteiger charge is -2.03. The van der Waals surface area contributed by atoms with Gasteiger partial charge < -0.3 is 0 Å². The van der Waals surface area contributed by atoms with Crippen LogP contribution >= 0.6 is 11.6 Å². The monoisotopic (exact) mass is 186 g/mol. The third kappa shape index (κ3) is 1.48. The van der Waals surface area contributed by atoms with E-state index in [4.69, 9.17) is 11.6 Å². The van der Waals surface area contributed by atoms with E-state index in [1.165, 1.54) is 13.0 Å². The van der Waals surface area contributed by atoms with Crippen LogP contribution in [0.5, 0.6) is 0 Å². The Morgan fingerprint density at radius 2 is 2.08 bits per heavy atom. The molecule has 0 fully saturated rings. The molecular formula is C9H8ClFO. The normalized spacial score (nSPS) is 10.0. The minimum absolute atomic E-state index is 0.0170. The largest absolute Gasteiger partial charge is 0.294 e. The highest BCUT2D eigenvalue weighted by Gasteiger charge is 2.13. The number of carbonyl (C=O) groups is 1. The summed E-state index contributed by atoms with van der Waals surface area (Å²) in [6.07, 6.45) is 0. The van der Waals surface area contributed by atoms with Gasteiger partial charge >= 0.3 is 0 Å². The van der Waals surface area contributed by atoms with Crippen LogP contribution in [0.3, 0.4) is 0 Å². The highest BCUT2D eigenvalue weighted by atomic mass is 35.5. The Morgan fingerprint density at radius 3 is 2.50 bits per heavy atom. The van der Waals surface area contributed by atoms with Gasteiger partial charge in [0.05, 0.1) is 10.6 Å². The van der Waals surface area contributed by atoms with Gasteiger partial charge in [0.15, 0.2) is 5.78 Å². The first-order chi connectivity index (χ1) is 5.54. The smallest absolute Gasteiger partial charge is 0.164 e. The molecule has 0 amide bonds. The Morgan fingerprint density at radius 1 is 1.50 bits per heavy atom. The van der Waals surface area contributed by atoms with Gasteiger partial charge in [-0.3, -0.25) is 4.79 Å². The molecule has 1 rings (SSSR count). The number of carbonyl (C=O) groups excluding carboxylic acids is 1. The van der Waals surface area contributed by atoms with E-state index in [1.807, 2.05) is 0 Å². The van der Waals surface area contributed by atoms with E-state index in [1.54, 1.807) is 13.0 Å². The van der Waals surface area contributed by atoms with Crippen LogP contribution in [-0.4, -0.2) is 5.78 Å². The van der Waals surface area contributed by atoms with Crippen LogP contribution in [0.4, 0.5) is 4.39 Å². The molecule has 0 atom stereocenters. The molecule has 0 aliphatic rings. The van der Waals surface area contributed by atoms with E-state index in [0.717, 1.165) is 0 Å². The maximum atomic E-state index is 13.2. The van der Waals surface area contributed by atoms with Crippen LogP contribution in [-0.2, 0) is 0 Å². The number of hydrogen-bond donors (Lipinski definition) is 0. The van der Waals surface area contributed by atoms with Crippen LogP contribution < -0.4 is 0 Å². The van der Waals surface area contributed by atoms with E-state index in [9.17, 15) is 9.18 Å². The predicted octanol–water partition coefficient (Wildman–Crippen LogP) is 2.99. The molecule has 0 heterocycles. The summed E-state index contributed by atoms with van der Waals surface area (Å²) in [5.74, 6) is -0.865. The highest BCUT2D eigenvalue weighted by Crippen LogP contribution is 2.21. The molecule has 0 aliphatic carbocycles. The van der Waals surface area contributed by atoms with Crippen molar-refractivity contribution in [2.45, 2.75) is 13.8 Å². The zero-order valence-electron chi connectivity index (χ0n) is 6.82. The van der Waals surface area contributed by atoms with Crippen molar-refractivity contribution in [2.24, 2.45) is 0 Å². The van der Waals surface area contributed by atoms with Gasteiger partial charge in [0.2, 0.25) is 0 Å². The molecule has 0 aromatic heterocycles. The van der Waals surface area contributed by atoms with E-state index in [2.05, 4.69) is 0 Å². The van der Waals surface area contributed by atoms with E-state index in [0.29, 0.717) is 5.56 Å². The molecule has 1 aromatic rings. The second-order valence-electron chi connectivity index (χ2n) is 2.61. The van der Waals surface area contributed by atoms with Crippen LogP contribution in [0.25, 0.3) is 0 Å². The Balaban J connectivity index is 3.43. The van der Waals surface area contributed by atoms with Crippen molar-refractivity contribution in [1.29, 1.82) is 0 Å². The molecule has 1 aromatic carbocycles. The van der Waals surface area contributed by atoms with E-state index in [-0.39, 0.29) is 16.4 Å². The summed E-state index contributed by atoms with van der Waals surface area (Å²) in [4.78, 5) is 10.9. The summed E-state index contributed by atoms with van der Waals surface area (Å²) in [5, 5.41) is 0.172. The minimum Gasteiger partial charge on any atom is -0.294 e. The van der Waals surface area contributed by atoms with Gasteiger partial charge in [0.25, 0.3) is 0 Å². The highest BCUT2D eigenvalue weighted by molar-refractivity contribution is 6.33. The number of aryl methyl sites for hydroxylation is 1. The summed E-state index contributed by atoms with van der Waals surface area (Å²) in [7, 11) is 0. The average Bonchev–Trinajstić information content (AvgIpc) is 1.97. The second kappa shape index (κ2) is 3.23. The molecule has 12 heavy (non-hydrogen) atoms. The van der Waals surface area contributed by atoms with Crippen molar-refractivity contribution in [1.82, 2.24) is 0 Å². The van der Waals surface area contributed by atoms with Gasteiger partial charge in [-0.25, -0.2) is 4.39 Å². The van der Waals surface area contributed by atoms with Crippen molar-refractivity contribution in [3.8, 4) is 0 Å². The lowest BCUT2D eigenvalue weighted by Crippen LogP contribution is -2.00. The maximum absolute atomic E-state index is 13.2. The number of hydrogen-bond acceptors (Lipinski definition) is 1. The summed E-state index contributed by atoms with van der Waals surface area (Å²) >= 11 is 5.64. The Hall–Kier alpha value is -0.890. The molecule has 0 bridgehead atoms. The molecule has 0 saturated heterocycles. The molecule has 0 aliphatic heterocycles. The molecule has 1 nitrogen and oxygen atoms in total. The Bertz CT molecular complexity index is 334. The van der Waals surface area contributed by atoms with Gasteiger partial charge in [-0.1, -0.05) is 17.7 Å². The van der Waals surface area contributed by atoms with Crippen molar-refractivity contribution in [2.75, 3.05) is 0 Å². The molecule has 0 radical (unpaired) electrons. The molecule has 0 spiro atoms. The lowest BCUT2D eigenvalue weighted by atomic mass is 10.1. The number of benzene rings is 1. The van der Waals surface area contributed by atoms with Crippen molar-refractivity contribution in [3.63, 3.8) is 0 Å². The zero-order chi connectivity index (χ0) is 9.30. The number of halogens is 2. The molecule has 0 N–H and O–H groups in total. The van der Waals surface area contributed by atoms with Crippen LogP contribution in [0.15, 0.2) is 12.1 Å². The van der Waals surface area contributed by atoms with E-state index >= 15 is 0 Å². The first-order valence-electron chi connectivity index (χ1n) is 3.49. The van der Waals surface area contributed by atoms with Gasteiger partial charge in [0.1, 0.15) is 5.82 Å². The van der Waals surface area contributed by atoms with Crippen LogP contribution in [0.1, 0.15) is 22.8 Å². The Labute approximate surface area is 75.2 Å². The van der Waals surface area contributed by atoms with E-state index < -0.39 is 5.82 Å². The van der Waals surface area contributed by atoms with Crippen molar-refractivity contribution < 1.29 is 9.18 Å². The van der Waals surface area contributed by atoms with Crippen molar-refractivity contribution >= 4 is 17.4 Å². The number of Topliss-reactive ketones (excluding diaryl/α,β-unsaturated/α-hetero) is 1. The average molecular weight is 187 g/mol. The van der Waals surface area contributed by atoms with Gasteiger partial charge in [-0.15, -0.1) is 0 Å². The summed E-state index contributed by atoms with van der Waals surface area (Å²) in [6, 6.07) is 3.07. The van der Waals surface area contributed by atoms with Crippen LogP contribution in [0.2, 0.25) is 5.02 Å². The van der Waals surface area contributed by atoms with Gasteiger partial charge in [-0.2, -0.15) is 0 Å². The minimum atomic E-state index is -0.519. The second-order valence-corrected chi connectivity index (χ2v) is 3.02. The zero-order valence-corrected chi connectivity index (χ0v) is 7.57. The fourth-order valence-electron chi connectivity index (χ4n) is 0.979. The predicted molar refractivity (Wildman–Crippen MR) is 46.2 cm³/mol. The quantitative estimate of drug-likeness (QED) is 0.617. The summed E-state index contributed by atoms with van der Waals surface area (Å²) < 4.78 is 13.2. The Kier molecular flexibility index (Phi) is 2.48. The first-order valence-corrected chi connectivity index (χ1v) is 3.87. The summed E-state index contributed by atoms with van der Waals surface area (Å²) in [5.41, 5.74) is 0.418. The number of rotatable bonds is 1.